The van der Waals surface area contributed by atoms with Gasteiger partial charge in [0.2, 0.25) is 0 Å². The van der Waals surface area contributed by atoms with Crippen LogP contribution in [-0.2, 0) is 11.4 Å². The number of rotatable bonds is 4. The lowest BCUT2D eigenvalue weighted by Gasteiger charge is -2.14. The highest BCUT2D eigenvalue weighted by atomic mass is 32.1. The molecule has 0 spiro atoms. The Bertz CT molecular complexity index is 762. The lowest BCUT2D eigenvalue weighted by Crippen LogP contribution is -2.32. The van der Waals surface area contributed by atoms with Gasteiger partial charge in [-0.05, 0) is 43.2 Å². The number of benzene rings is 1. The van der Waals surface area contributed by atoms with Crippen LogP contribution < -0.4 is 0 Å². The summed E-state index contributed by atoms with van der Waals surface area (Å²) in [6, 6.07) is 8.20. The zero-order valence-electron chi connectivity index (χ0n) is 12.6. The van der Waals surface area contributed by atoms with Crippen LogP contribution in [0.4, 0.5) is 0 Å². The van der Waals surface area contributed by atoms with Crippen molar-refractivity contribution in [2.45, 2.75) is 6.54 Å². The molecule has 0 saturated heterocycles. The number of hydrogen-bond acceptors (Lipinski definition) is 6. The van der Waals surface area contributed by atoms with Crippen LogP contribution in [0.3, 0.4) is 0 Å². The number of nitrogens with zero attached hydrogens (tertiary/aromatic N) is 2. The van der Waals surface area contributed by atoms with Crippen molar-refractivity contribution in [1.82, 2.24) is 9.96 Å². The molecule has 6 nitrogen and oxygen atoms in total. The van der Waals surface area contributed by atoms with Crippen LogP contribution in [0.5, 0.6) is 0 Å². The van der Waals surface area contributed by atoms with Crippen molar-refractivity contribution >= 4 is 29.1 Å². The molecule has 0 fully saturated rings. The average Bonchev–Trinajstić information content (AvgIpc) is 3.06. The number of carbonyl (C=O) groups excluding carboxylic acids is 3. The molecule has 1 aromatic carbocycles. The van der Waals surface area contributed by atoms with Crippen molar-refractivity contribution in [1.29, 1.82) is 0 Å². The van der Waals surface area contributed by atoms with Crippen molar-refractivity contribution in [2.24, 2.45) is 0 Å². The molecule has 2 amide bonds. The Morgan fingerprint density at radius 1 is 1.13 bits per heavy atom. The minimum atomic E-state index is -0.702. The third-order valence-electron chi connectivity index (χ3n) is 3.35. The summed E-state index contributed by atoms with van der Waals surface area (Å²) < 4.78 is 0. The molecular formula is C16H14N2O4S. The van der Waals surface area contributed by atoms with Crippen molar-refractivity contribution in [3.63, 3.8) is 0 Å². The first kappa shape index (κ1) is 15.4. The Balaban J connectivity index is 1.81. The summed E-state index contributed by atoms with van der Waals surface area (Å²) in [5.74, 6) is -1.94. The minimum absolute atomic E-state index is 0.241. The second-order valence-electron chi connectivity index (χ2n) is 5.34. The van der Waals surface area contributed by atoms with Gasteiger partial charge in [0, 0.05) is 6.54 Å². The fraction of sp³-hybridized carbons (Fsp3) is 0.188. The van der Waals surface area contributed by atoms with E-state index in [0.29, 0.717) is 16.5 Å². The second kappa shape index (κ2) is 5.94. The molecule has 0 bridgehead atoms. The summed E-state index contributed by atoms with van der Waals surface area (Å²) >= 11 is 1.22. The van der Waals surface area contributed by atoms with E-state index in [9.17, 15) is 14.4 Å². The van der Waals surface area contributed by atoms with E-state index in [1.165, 1.54) is 23.5 Å². The molecule has 3 rings (SSSR count). The van der Waals surface area contributed by atoms with E-state index in [-0.39, 0.29) is 11.1 Å². The summed E-state index contributed by atoms with van der Waals surface area (Å²) in [5, 5.41) is 2.31. The van der Waals surface area contributed by atoms with Crippen molar-refractivity contribution in [3.05, 3.63) is 57.3 Å². The fourth-order valence-electron chi connectivity index (χ4n) is 2.35. The van der Waals surface area contributed by atoms with Gasteiger partial charge in [-0.15, -0.1) is 11.3 Å². The zero-order valence-corrected chi connectivity index (χ0v) is 13.4. The van der Waals surface area contributed by atoms with Gasteiger partial charge in [0.25, 0.3) is 11.8 Å². The van der Waals surface area contributed by atoms with E-state index >= 15 is 0 Å². The van der Waals surface area contributed by atoms with Crippen molar-refractivity contribution in [3.8, 4) is 0 Å². The maximum Gasteiger partial charge on any atom is 0.374 e. The van der Waals surface area contributed by atoms with Gasteiger partial charge >= 0.3 is 5.97 Å². The molecule has 2 heterocycles. The Hall–Kier alpha value is -2.51. The van der Waals surface area contributed by atoms with Gasteiger partial charge in [0.1, 0.15) is 4.88 Å². The van der Waals surface area contributed by atoms with Gasteiger partial charge in [-0.1, -0.05) is 17.2 Å². The van der Waals surface area contributed by atoms with E-state index in [4.69, 9.17) is 4.84 Å². The molecule has 1 aliphatic heterocycles. The fourth-order valence-corrected chi connectivity index (χ4v) is 3.14. The molecule has 2 aromatic rings. The highest BCUT2D eigenvalue weighted by molar-refractivity contribution is 7.12. The third kappa shape index (κ3) is 2.76. The van der Waals surface area contributed by atoms with E-state index in [1.807, 2.05) is 25.1 Å². The van der Waals surface area contributed by atoms with Crippen molar-refractivity contribution < 1.29 is 19.2 Å². The molecular weight excluding hydrogens is 316 g/mol. The molecule has 0 atom stereocenters. The number of amides is 2. The molecule has 23 heavy (non-hydrogen) atoms. The van der Waals surface area contributed by atoms with Gasteiger partial charge in [0.15, 0.2) is 0 Å². The van der Waals surface area contributed by atoms with Crippen LogP contribution in [0.1, 0.15) is 36.0 Å². The molecule has 118 valence electrons. The Morgan fingerprint density at radius 2 is 1.74 bits per heavy atom. The normalized spacial score (nSPS) is 13.6. The van der Waals surface area contributed by atoms with E-state index in [0.717, 1.165) is 5.56 Å². The first-order chi connectivity index (χ1) is 11.0. The Morgan fingerprint density at radius 3 is 2.30 bits per heavy atom. The quantitative estimate of drug-likeness (QED) is 0.804. The van der Waals surface area contributed by atoms with Gasteiger partial charge in [0.05, 0.1) is 11.1 Å². The monoisotopic (exact) mass is 330 g/mol. The predicted molar refractivity (Wildman–Crippen MR) is 84.1 cm³/mol. The van der Waals surface area contributed by atoms with Gasteiger partial charge in [-0.2, -0.15) is 0 Å². The predicted octanol–water partition coefficient (Wildman–Crippen LogP) is 2.18. The van der Waals surface area contributed by atoms with Gasteiger partial charge < -0.3 is 9.74 Å². The highest BCUT2D eigenvalue weighted by Crippen LogP contribution is 2.25. The molecule has 0 aliphatic carbocycles. The minimum Gasteiger partial charge on any atom is -0.323 e. The Kier molecular flexibility index (Phi) is 3.97. The Labute approximate surface area is 136 Å². The standard InChI is InChI=1S/C16H14N2O4S/c1-17(2)9-10-7-8-23-13(10)16(21)22-18-14(19)11-5-3-4-6-12(11)15(18)20/h3-8H,9H2,1-2H3. The summed E-state index contributed by atoms with van der Waals surface area (Å²) in [5.41, 5.74) is 1.27. The highest BCUT2D eigenvalue weighted by Gasteiger charge is 2.39. The zero-order chi connectivity index (χ0) is 16.6. The van der Waals surface area contributed by atoms with E-state index < -0.39 is 17.8 Å². The van der Waals surface area contributed by atoms with Crippen LogP contribution in [0, 0.1) is 0 Å². The topological polar surface area (TPSA) is 66.9 Å². The van der Waals surface area contributed by atoms with Crippen LogP contribution in [0.2, 0.25) is 0 Å². The molecule has 0 unspecified atom stereocenters. The maximum atomic E-state index is 12.3. The molecule has 1 aliphatic rings. The van der Waals surface area contributed by atoms with E-state index in [1.54, 1.807) is 17.5 Å². The summed E-state index contributed by atoms with van der Waals surface area (Å²) in [6.45, 7) is 0.566. The molecule has 0 radical (unpaired) electrons. The lowest BCUT2D eigenvalue weighted by molar-refractivity contribution is -0.0582. The van der Waals surface area contributed by atoms with Crippen LogP contribution in [0.15, 0.2) is 35.7 Å². The number of carbonyl (C=O) groups is 3. The molecule has 0 saturated carbocycles. The summed E-state index contributed by atoms with van der Waals surface area (Å²) in [7, 11) is 3.77. The first-order valence-corrected chi connectivity index (χ1v) is 7.78. The number of hydroxylamine groups is 2. The lowest BCUT2D eigenvalue weighted by atomic mass is 10.1. The number of fused-ring (bicyclic) bond motifs is 1. The SMILES string of the molecule is CN(C)Cc1ccsc1C(=O)ON1C(=O)c2ccccc2C1=O. The number of thiophene rings is 1. The van der Waals surface area contributed by atoms with Crippen LogP contribution in [0.25, 0.3) is 0 Å². The number of hydrogen-bond donors (Lipinski definition) is 0. The van der Waals surface area contributed by atoms with Gasteiger partial charge in [-0.3, -0.25) is 9.59 Å². The third-order valence-corrected chi connectivity index (χ3v) is 4.29. The molecule has 0 N–H and O–H groups in total. The summed E-state index contributed by atoms with van der Waals surface area (Å²) in [6.07, 6.45) is 0. The second-order valence-corrected chi connectivity index (χ2v) is 6.26. The van der Waals surface area contributed by atoms with Crippen LogP contribution >= 0.6 is 11.3 Å². The van der Waals surface area contributed by atoms with E-state index in [2.05, 4.69) is 0 Å². The number of imide groups is 1. The summed E-state index contributed by atoms with van der Waals surface area (Å²) in [4.78, 5) is 44.1. The van der Waals surface area contributed by atoms with Crippen molar-refractivity contribution in [2.75, 3.05) is 14.1 Å². The molecule has 7 heteroatoms. The van der Waals surface area contributed by atoms with Crippen LogP contribution in [-0.4, -0.2) is 41.8 Å². The largest absolute Gasteiger partial charge is 0.374 e. The smallest absolute Gasteiger partial charge is 0.323 e. The maximum absolute atomic E-state index is 12.3. The average molecular weight is 330 g/mol. The molecule has 1 aromatic heterocycles. The first-order valence-electron chi connectivity index (χ1n) is 6.90. The van der Waals surface area contributed by atoms with Gasteiger partial charge in [-0.25, -0.2) is 4.79 Å².